The van der Waals surface area contributed by atoms with Gasteiger partial charge in [-0.2, -0.15) is 0 Å². The molecule has 3 N–H and O–H groups in total. The van der Waals surface area contributed by atoms with Crippen molar-refractivity contribution in [1.82, 2.24) is 10.3 Å². The van der Waals surface area contributed by atoms with Crippen LogP contribution in [0.2, 0.25) is 0 Å². The summed E-state index contributed by atoms with van der Waals surface area (Å²) in [5, 5.41) is 15.6. The molecule has 43 heavy (non-hydrogen) atoms. The van der Waals surface area contributed by atoms with Gasteiger partial charge in [-0.1, -0.05) is 30.3 Å². The van der Waals surface area contributed by atoms with Crippen molar-refractivity contribution in [3.8, 4) is 11.3 Å². The summed E-state index contributed by atoms with van der Waals surface area (Å²) in [7, 11) is 0. The Morgan fingerprint density at radius 2 is 1.58 bits per heavy atom. The van der Waals surface area contributed by atoms with Gasteiger partial charge in [-0.15, -0.1) is 0 Å². The molecule has 2 heterocycles. The number of pyridine rings is 1. The van der Waals surface area contributed by atoms with Crippen LogP contribution in [0, 0.1) is 0 Å². The van der Waals surface area contributed by atoms with E-state index in [1.165, 1.54) is 29.7 Å². The van der Waals surface area contributed by atoms with Crippen molar-refractivity contribution in [3.05, 3.63) is 113 Å². The molecule has 2 amide bonds. The highest BCUT2D eigenvalue weighted by Gasteiger charge is 2.23. The van der Waals surface area contributed by atoms with Gasteiger partial charge in [0.1, 0.15) is 0 Å². The summed E-state index contributed by atoms with van der Waals surface area (Å²) in [6.07, 6.45) is 7.98. The fourth-order valence-corrected chi connectivity index (χ4v) is 6.05. The normalized spacial score (nSPS) is 16.2. The monoisotopic (exact) mass is 574 g/mol. The van der Waals surface area contributed by atoms with E-state index in [0.29, 0.717) is 22.5 Å². The van der Waals surface area contributed by atoms with E-state index in [4.69, 9.17) is 0 Å². The Morgan fingerprint density at radius 1 is 0.791 bits per heavy atom. The lowest BCUT2D eigenvalue weighted by Crippen LogP contribution is -2.31. The first-order chi connectivity index (χ1) is 21.0. The van der Waals surface area contributed by atoms with Crippen molar-refractivity contribution < 1.29 is 19.5 Å². The molecule has 0 spiro atoms. The molecule has 6 rings (SSSR count). The highest BCUT2D eigenvalue weighted by atomic mass is 16.4. The molecule has 3 aromatic carbocycles. The van der Waals surface area contributed by atoms with Gasteiger partial charge in [-0.3, -0.25) is 14.6 Å². The van der Waals surface area contributed by atoms with Crippen LogP contribution >= 0.6 is 0 Å². The number of fused-ring (bicyclic) bond motifs is 1. The second-order valence-corrected chi connectivity index (χ2v) is 11.2. The fraction of sp³-hybridized carbons (Fsp3) is 0.257. The number of nitrogens with zero attached hydrogens (tertiary/aromatic N) is 2. The van der Waals surface area contributed by atoms with E-state index in [2.05, 4.69) is 32.7 Å². The zero-order valence-electron chi connectivity index (χ0n) is 23.9. The summed E-state index contributed by atoms with van der Waals surface area (Å²) < 4.78 is 0. The molecule has 2 aliphatic rings. The summed E-state index contributed by atoms with van der Waals surface area (Å²) in [6.45, 7) is 1.90. The standard InChI is InChI=1S/C35H34N4O4/c40-33(24-10-6-11-26(20-24)35(42)43)38-31-15-14-27(39-18-4-1-5-19-39)22-29(31)32-21-25(16-17-36-32)34(41)37-30-13-7-9-23-8-2-3-12-28(23)30/h2-3,6,8,10-12,14-17,20-22,30H,1,4-5,7,9,13,18-19H2,(H,37,41)(H,38,40)(H,42,43). The number of amides is 2. The van der Waals surface area contributed by atoms with Gasteiger partial charge in [0.25, 0.3) is 11.8 Å². The van der Waals surface area contributed by atoms with Crippen LogP contribution in [-0.4, -0.2) is 41.0 Å². The Bertz CT molecular complexity index is 1680. The number of carboxylic acids is 1. The predicted octanol–water partition coefficient (Wildman–Crippen LogP) is 6.50. The first-order valence-corrected chi connectivity index (χ1v) is 14.8. The van der Waals surface area contributed by atoms with Crippen molar-refractivity contribution in [1.29, 1.82) is 0 Å². The lowest BCUT2D eigenvalue weighted by Gasteiger charge is -2.29. The van der Waals surface area contributed by atoms with Crippen molar-refractivity contribution in [2.24, 2.45) is 0 Å². The Hall–Kier alpha value is -4.98. The number of hydrogen-bond donors (Lipinski definition) is 3. The van der Waals surface area contributed by atoms with Gasteiger partial charge in [0.15, 0.2) is 0 Å². The van der Waals surface area contributed by atoms with Crippen LogP contribution in [0.5, 0.6) is 0 Å². The highest BCUT2D eigenvalue weighted by molar-refractivity contribution is 6.07. The maximum Gasteiger partial charge on any atom is 0.335 e. The number of carbonyl (C=O) groups is 3. The van der Waals surface area contributed by atoms with Gasteiger partial charge in [-0.05, 0) is 98.2 Å². The summed E-state index contributed by atoms with van der Waals surface area (Å²) >= 11 is 0. The van der Waals surface area contributed by atoms with Crippen LogP contribution < -0.4 is 15.5 Å². The minimum atomic E-state index is -1.10. The van der Waals surface area contributed by atoms with Gasteiger partial charge in [-0.25, -0.2) is 4.79 Å². The fourth-order valence-electron chi connectivity index (χ4n) is 6.05. The molecule has 8 nitrogen and oxygen atoms in total. The molecule has 0 bridgehead atoms. The molecule has 0 radical (unpaired) electrons. The molecule has 1 aliphatic carbocycles. The summed E-state index contributed by atoms with van der Waals surface area (Å²) in [4.78, 5) is 45.1. The topological polar surface area (TPSA) is 112 Å². The van der Waals surface area contributed by atoms with Crippen LogP contribution in [-0.2, 0) is 6.42 Å². The van der Waals surface area contributed by atoms with Crippen LogP contribution in [0.25, 0.3) is 11.3 Å². The highest BCUT2D eigenvalue weighted by Crippen LogP contribution is 2.34. The van der Waals surface area contributed by atoms with E-state index in [-0.39, 0.29) is 23.1 Å². The second kappa shape index (κ2) is 12.5. The van der Waals surface area contributed by atoms with E-state index >= 15 is 0 Å². The number of benzene rings is 3. The zero-order chi connectivity index (χ0) is 29.8. The first kappa shape index (κ1) is 28.2. The smallest absolute Gasteiger partial charge is 0.335 e. The van der Waals surface area contributed by atoms with Gasteiger partial charge in [0, 0.05) is 41.7 Å². The Balaban J connectivity index is 1.31. The third-order valence-corrected chi connectivity index (χ3v) is 8.32. The Labute approximate surface area is 250 Å². The number of carbonyl (C=O) groups excluding carboxylic acids is 2. The summed E-state index contributed by atoms with van der Waals surface area (Å²) in [6, 6.07) is 23.5. The van der Waals surface area contributed by atoms with E-state index in [1.807, 2.05) is 30.3 Å². The largest absolute Gasteiger partial charge is 0.478 e. The number of hydrogen-bond acceptors (Lipinski definition) is 5. The minimum Gasteiger partial charge on any atom is -0.478 e. The van der Waals surface area contributed by atoms with Crippen molar-refractivity contribution in [3.63, 3.8) is 0 Å². The lowest BCUT2D eigenvalue weighted by atomic mass is 9.87. The number of aryl methyl sites for hydroxylation is 1. The summed E-state index contributed by atoms with van der Waals surface area (Å²) in [5.74, 6) is -1.70. The maximum absolute atomic E-state index is 13.5. The van der Waals surface area contributed by atoms with Crippen LogP contribution in [0.1, 0.15) is 80.3 Å². The van der Waals surface area contributed by atoms with Gasteiger partial charge in [0.2, 0.25) is 0 Å². The quantitative estimate of drug-likeness (QED) is 0.232. The predicted molar refractivity (Wildman–Crippen MR) is 167 cm³/mol. The number of aromatic nitrogens is 1. The van der Waals surface area contributed by atoms with Crippen molar-refractivity contribution in [2.45, 2.75) is 44.6 Å². The number of piperidine rings is 1. The molecular weight excluding hydrogens is 540 g/mol. The van der Waals surface area contributed by atoms with Crippen LogP contribution in [0.15, 0.2) is 85.1 Å². The molecule has 218 valence electrons. The number of nitrogens with one attached hydrogen (secondary N) is 2. The van der Waals surface area contributed by atoms with Crippen LogP contribution in [0.4, 0.5) is 11.4 Å². The molecule has 1 aromatic heterocycles. The van der Waals surface area contributed by atoms with E-state index < -0.39 is 11.9 Å². The maximum atomic E-state index is 13.5. The SMILES string of the molecule is O=C(O)c1cccc(C(=O)Nc2ccc(N3CCCCC3)cc2-c2cc(C(=O)NC3CCCc4ccccc43)ccn2)c1. The molecule has 1 atom stereocenters. The molecule has 1 saturated heterocycles. The average Bonchev–Trinajstić information content (AvgIpc) is 3.05. The van der Waals surface area contributed by atoms with Crippen LogP contribution in [0.3, 0.4) is 0 Å². The molecular formula is C35H34N4O4. The third-order valence-electron chi connectivity index (χ3n) is 8.32. The zero-order valence-corrected chi connectivity index (χ0v) is 23.9. The van der Waals surface area contributed by atoms with Gasteiger partial charge < -0.3 is 20.6 Å². The summed E-state index contributed by atoms with van der Waals surface area (Å²) in [5.41, 5.74) is 6.00. The number of rotatable bonds is 7. The number of carboxylic acid groups (broad SMARTS) is 1. The molecule has 4 aromatic rings. The number of anilines is 2. The van der Waals surface area contributed by atoms with Crippen molar-refractivity contribution in [2.75, 3.05) is 23.3 Å². The molecule has 1 fully saturated rings. The van der Waals surface area contributed by atoms with E-state index in [0.717, 1.165) is 50.9 Å². The first-order valence-electron chi connectivity index (χ1n) is 14.8. The van der Waals surface area contributed by atoms with E-state index in [1.54, 1.807) is 30.5 Å². The number of aromatic carboxylic acids is 1. The molecule has 8 heteroatoms. The minimum absolute atomic E-state index is 0.0364. The lowest BCUT2D eigenvalue weighted by molar-refractivity contribution is 0.0696. The molecule has 1 aliphatic heterocycles. The average molecular weight is 575 g/mol. The van der Waals surface area contributed by atoms with Gasteiger partial charge >= 0.3 is 5.97 Å². The molecule has 0 saturated carbocycles. The molecule has 1 unspecified atom stereocenters. The van der Waals surface area contributed by atoms with Gasteiger partial charge in [0.05, 0.1) is 23.0 Å². The van der Waals surface area contributed by atoms with E-state index in [9.17, 15) is 19.5 Å². The Kier molecular flexibility index (Phi) is 8.18. The third kappa shape index (κ3) is 6.28. The Morgan fingerprint density at radius 3 is 2.42 bits per heavy atom. The van der Waals surface area contributed by atoms with Crippen molar-refractivity contribution >= 4 is 29.2 Å². The second-order valence-electron chi connectivity index (χ2n) is 11.2.